The molecule has 3 nitrogen and oxygen atoms in total. The third kappa shape index (κ3) is 3.72. The van der Waals surface area contributed by atoms with Gasteiger partial charge in [-0.1, -0.05) is 61.2 Å². The van der Waals surface area contributed by atoms with Gasteiger partial charge in [0.05, 0.1) is 0 Å². The minimum atomic E-state index is -0.762. The monoisotopic (exact) mass is 282 g/mol. The zero-order valence-electron chi connectivity index (χ0n) is 12.2. The Kier molecular flexibility index (Phi) is 4.43. The van der Waals surface area contributed by atoms with Crippen LogP contribution in [0.3, 0.4) is 0 Å². The summed E-state index contributed by atoms with van der Waals surface area (Å²) in [5.41, 5.74) is 0.882. The van der Waals surface area contributed by atoms with E-state index in [1.54, 1.807) is 18.2 Å². The maximum absolute atomic E-state index is 12.0. The number of ether oxygens (including phenoxy) is 2. The minimum absolute atomic E-state index is 0.432. The van der Waals surface area contributed by atoms with Gasteiger partial charge in [0.15, 0.2) is 0 Å². The molecule has 0 aliphatic carbocycles. The zero-order chi connectivity index (χ0) is 15.3. The van der Waals surface area contributed by atoms with Crippen LogP contribution in [0, 0.1) is 0 Å². The molecule has 0 aliphatic rings. The van der Waals surface area contributed by atoms with Crippen LogP contribution in [-0.2, 0) is 10.3 Å². The van der Waals surface area contributed by atoms with E-state index in [9.17, 15) is 4.79 Å². The summed E-state index contributed by atoms with van der Waals surface area (Å²) < 4.78 is 10.7. The molecule has 0 fully saturated rings. The molecule has 108 valence electrons. The number of carbonyl (C=O) groups is 1. The van der Waals surface area contributed by atoms with Gasteiger partial charge in [0.2, 0.25) is 0 Å². The zero-order valence-corrected chi connectivity index (χ0v) is 12.2. The molecule has 0 amide bonds. The molecule has 21 heavy (non-hydrogen) atoms. The van der Waals surface area contributed by atoms with Gasteiger partial charge >= 0.3 is 6.16 Å². The number of para-hydroxylation sites is 1. The van der Waals surface area contributed by atoms with Gasteiger partial charge in [0.1, 0.15) is 11.4 Å². The summed E-state index contributed by atoms with van der Waals surface area (Å²) in [6.07, 6.45) is 0.892. The number of hydrogen-bond acceptors (Lipinski definition) is 3. The second kappa shape index (κ2) is 6.27. The lowest BCUT2D eigenvalue weighted by Crippen LogP contribution is -2.27. The van der Waals surface area contributed by atoms with Crippen molar-refractivity contribution in [2.45, 2.75) is 19.4 Å². The first-order valence-corrected chi connectivity index (χ1v) is 6.71. The van der Waals surface area contributed by atoms with Gasteiger partial charge in [0, 0.05) is 5.56 Å². The molecule has 0 unspecified atom stereocenters. The van der Waals surface area contributed by atoms with Crippen molar-refractivity contribution >= 4 is 12.2 Å². The lowest BCUT2D eigenvalue weighted by molar-refractivity contribution is 0.00633. The standard InChI is InChI=1S/C18H18O3/c1-4-14-10-8-9-13-16(14)20-17(19)21-18(2,3)15-11-6-5-7-12-15/h4-13H,1H2,2-3H3. The van der Waals surface area contributed by atoms with E-state index in [1.807, 2.05) is 56.3 Å². The molecule has 0 saturated heterocycles. The molecule has 0 saturated carbocycles. The van der Waals surface area contributed by atoms with Crippen LogP contribution < -0.4 is 4.74 Å². The molecule has 0 heterocycles. The minimum Gasteiger partial charge on any atom is -0.423 e. The Hall–Kier alpha value is -2.55. The summed E-state index contributed by atoms with van der Waals surface area (Å²) in [7, 11) is 0. The molecule has 2 aromatic rings. The highest BCUT2D eigenvalue weighted by molar-refractivity contribution is 5.68. The van der Waals surface area contributed by atoms with Crippen LogP contribution in [0.15, 0.2) is 61.2 Å². The average molecular weight is 282 g/mol. The second-order valence-electron chi connectivity index (χ2n) is 5.07. The van der Waals surface area contributed by atoms with Crippen molar-refractivity contribution in [1.29, 1.82) is 0 Å². The third-order valence-corrected chi connectivity index (χ3v) is 3.14. The molecule has 0 N–H and O–H groups in total. The van der Waals surface area contributed by atoms with E-state index >= 15 is 0 Å². The molecule has 0 aromatic heterocycles. The van der Waals surface area contributed by atoms with Crippen LogP contribution >= 0.6 is 0 Å². The largest absolute Gasteiger partial charge is 0.514 e. The summed E-state index contributed by atoms with van der Waals surface area (Å²) in [5.74, 6) is 0.432. The molecule has 2 rings (SSSR count). The Morgan fingerprint density at radius 1 is 1.05 bits per heavy atom. The van der Waals surface area contributed by atoms with Crippen molar-refractivity contribution < 1.29 is 14.3 Å². The van der Waals surface area contributed by atoms with Crippen molar-refractivity contribution in [2.24, 2.45) is 0 Å². The van der Waals surface area contributed by atoms with Gasteiger partial charge < -0.3 is 9.47 Å². The van der Waals surface area contributed by atoms with Gasteiger partial charge in [-0.2, -0.15) is 0 Å². The summed E-state index contributed by atoms with van der Waals surface area (Å²) >= 11 is 0. The maximum Gasteiger partial charge on any atom is 0.514 e. The van der Waals surface area contributed by atoms with Gasteiger partial charge in [-0.25, -0.2) is 4.79 Å². The molecule has 0 spiro atoms. The number of rotatable bonds is 4. The Balaban J connectivity index is 2.10. The summed E-state index contributed by atoms with van der Waals surface area (Å²) in [6, 6.07) is 16.7. The second-order valence-corrected chi connectivity index (χ2v) is 5.07. The van der Waals surface area contributed by atoms with Crippen LogP contribution in [0.4, 0.5) is 4.79 Å². The fraction of sp³-hybridized carbons (Fsp3) is 0.167. The Morgan fingerprint density at radius 2 is 1.67 bits per heavy atom. The average Bonchev–Trinajstić information content (AvgIpc) is 2.48. The normalized spacial score (nSPS) is 10.8. The molecular formula is C18H18O3. The van der Waals surface area contributed by atoms with E-state index in [1.165, 1.54) is 0 Å². The molecule has 0 aliphatic heterocycles. The fourth-order valence-electron chi connectivity index (χ4n) is 1.96. The predicted molar refractivity (Wildman–Crippen MR) is 83.1 cm³/mol. The quantitative estimate of drug-likeness (QED) is 0.598. The van der Waals surface area contributed by atoms with Crippen molar-refractivity contribution in [1.82, 2.24) is 0 Å². The van der Waals surface area contributed by atoms with Crippen LogP contribution in [0.2, 0.25) is 0 Å². The summed E-state index contributed by atoms with van der Waals surface area (Å²) in [4.78, 5) is 12.0. The number of hydrogen-bond donors (Lipinski definition) is 0. The number of benzene rings is 2. The van der Waals surface area contributed by atoms with Gasteiger partial charge in [-0.3, -0.25) is 0 Å². The SMILES string of the molecule is C=Cc1ccccc1OC(=O)OC(C)(C)c1ccccc1. The predicted octanol–water partition coefficient (Wildman–Crippen LogP) is 4.78. The van der Waals surface area contributed by atoms with E-state index in [0.29, 0.717) is 5.75 Å². The smallest absolute Gasteiger partial charge is 0.423 e. The first-order chi connectivity index (χ1) is 10.0. The highest BCUT2D eigenvalue weighted by atomic mass is 16.7. The highest BCUT2D eigenvalue weighted by Gasteiger charge is 2.26. The topological polar surface area (TPSA) is 35.5 Å². The van der Waals surface area contributed by atoms with Crippen molar-refractivity contribution in [3.63, 3.8) is 0 Å². The van der Waals surface area contributed by atoms with Crippen molar-refractivity contribution in [2.75, 3.05) is 0 Å². The van der Waals surface area contributed by atoms with Gasteiger partial charge in [-0.15, -0.1) is 0 Å². The molecule has 3 heteroatoms. The van der Waals surface area contributed by atoms with Gasteiger partial charge in [0.25, 0.3) is 0 Å². The molecule has 2 aromatic carbocycles. The van der Waals surface area contributed by atoms with Crippen molar-refractivity contribution in [3.05, 3.63) is 72.3 Å². The van der Waals surface area contributed by atoms with Crippen LogP contribution in [0.25, 0.3) is 6.08 Å². The van der Waals surface area contributed by atoms with Crippen LogP contribution in [0.1, 0.15) is 25.0 Å². The van der Waals surface area contributed by atoms with E-state index < -0.39 is 11.8 Å². The van der Waals surface area contributed by atoms with E-state index in [4.69, 9.17) is 9.47 Å². The van der Waals surface area contributed by atoms with Crippen molar-refractivity contribution in [3.8, 4) is 5.75 Å². The Bertz CT molecular complexity index is 630. The molecule has 0 radical (unpaired) electrons. The number of carbonyl (C=O) groups excluding carboxylic acids is 1. The molecule has 0 atom stereocenters. The fourth-order valence-corrected chi connectivity index (χ4v) is 1.96. The van der Waals surface area contributed by atoms with Crippen LogP contribution in [0.5, 0.6) is 5.75 Å². The van der Waals surface area contributed by atoms with Gasteiger partial charge in [-0.05, 0) is 25.5 Å². The summed E-state index contributed by atoms with van der Waals surface area (Å²) in [5, 5.41) is 0. The van der Waals surface area contributed by atoms with Crippen LogP contribution in [-0.4, -0.2) is 6.16 Å². The highest BCUT2D eigenvalue weighted by Crippen LogP contribution is 2.26. The Morgan fingerprint density at radius 3 is 2.33 bits per heavy atom. The molecular weight excluding hydrogens is 264 g/mol. The Labute approximate surface area is 124 Å². The first-order valence-electron chi connectivity index (χ1n) is 6.71. The lowest BCUT2D eigenvalue weighted by Gasteiger charge is -2.25. The first kappa shape index (κ1) is 14.9. The molecule has 0 bridgehead atoms. The third-order valence-electron chi connectivity index (χ3n) is 3.14. The lowest BCUT2D eigenvalue weighted by atomic mass is 9.98. The summed E-state index contributed by atoms with van der Waals surface area (Å²) in [6.45, 7) is 7.33. The van der Waals surface area contributed by atoms with E-state index in [2.05, 4.69) is 6.58 Å². The maximum atomic E-state index is 12.0. The van der Waals surface area contributed by atoms with E-state index in [-0.39, 0.29) is 0 Å². The van der Waals surface area contributed by atoms with E-state index in [0.717, 1.165) is 11.1 Å².